The predicted octanol–water partition coefficient (Wildman–Crippen LogP) is 5.73. The van der Waals surface area contributed by atoms with E-state index in [1.54, 1.807) is 48.5 Å². The van der Waals surface area contributed by atoms with Crippen LogP contribution in [-0.2, 0) is 16.1 Å². The number of amides is 1. The summed E-state index contributed by atoms with van der Waals surface area (Å²) in [5, 5.41) is 11.6. The second-order valence-corrected chi connectivity index (χ2v) is 8.22. The highest BCUT2D eigenvalue weighted by Gasteiger charge is 2.46. The molecule has 170 valence electrons. The molecule has 0 bridgehead atoms. The number of furan rings is 1. The molecule has 1 unspecified atom stereocenters. The Kier molecular flexibility index (Phi) is 6.84. The normalized spacial score (nSPS) is 17.5. The second-order valence-electron chi connectivity index (χ2n) is 7.78. The third-order valence-electron chi connectivity index (χ3n) is 5.53. The van der Waals surface area contributed by atoms with Crippen LogP contribution in [0.3, 0.4) is 0 Å². The van der Waals surface area contributed by atoms with E-state index in [1.807, 2.05) is 12.1 Å². The number of halogens is 1. The molecule has 1 N–H and O–H groups in total. The lowest BCUT2D eigenvalue weighted by Crippen LogP contribution is -2.29. The lowest BCUT2D eigenvalue weighted by molar-refractivity contribution is -0.140. The molecule has 0 radical (unpaired) electrons. The summed E-state index contributed by atoms with van der Waals surface area (Å²) in [5.41, 5.74) is 1.10. The smallest absolute Gasteiger partial charge is 0.296 e. The monoisotopic (exact) mass is 465 g/mol. The first-order valence-electron chi connectivity index (χ1n) is 10.8. The first-order valence-corrected chi connectivity index (χ1v) is 11.2. The van der Waals surface area contributed by atoms with E-state index in [4.69, 9.17) is 20.8 Å². The summed E-state index contributed by atoms with van der Waals surface area (Å²) in [6, 6.07) is 16.4. The molecule has 2 aromatic carbocycles. The lowest BCUT2D eigenvalue weighted by Gasteiger charge is -2.24. The van der Waals surface area contributed by atoms with Crippen molar-refractivity contribution < 1.29 is 23.8 Å². The number of ether oxygens (including phenoxy) is 1. The van der Waals surface area contributed by atoms with Gasteiger partial charge in [-0.15, -0.1) is 0 Å². The molecule has 1 aliphatic rings. The van der Waals surface area contributed by atoms with E-state index in [2.05, 4.69) is 6.92 Å². The topological polar surface area (TPSA) is 80.0 Å². The van der Waals surface area contributed by atoms with Gasteiger partial charge in [0.15, 0.2) is 0 Å². The maximum Gasteiger partial charge on any atom is 0.296 e. The maximum absolute atomic E-state index is 13.1. The van der Waals surface area contributed by atoms with Crippen LogP contribution in [0.4, 0.5) is 0 Å². The van der Waals surface area contributed by atoms with Gasteiger partial charge in [-0.25, -0.2) is 0 Å². The SMILES string of the molecule is CCCCOc1ccc(C2/C(=C(\O)c3ccc(Cl)cc3)C(=O)C(=O)N2Cc2ccco2)cc1. The van der Waals surface area contributed by atoms with Gasteiger partial charge in [0.05, 0.1) is 31.0 Å². The zero-order chi connectivity index (χ0) is 23.4. The Bertz CT molecular complexity index is 1150. The quantitative estimate of drug-likeness (QED) is 0.199. The van der Waals surface area contributed by atoms with Crippen molar-refractivity contribution in [2.75, 3.05) is 6.61 Å². The molecule has 1 aliphatic heterocycles. The number of likely N-dealkylation sites (tertiary alicyclic amines) is 1. The fraction of sp³-hybridized carbons (Fsp3) is 0.231. The fourth-order valence-corrected chi connectivity index (χ4v) is 3.93. The van der Waals surface area contributed by atoms with Crippen LogP contribution in [0.25, 0.3) is 5.76 Å². The highest BCUT2D eigenvalue weighted by Crippen LogP contribution is 2.40. The number of carbonyl (C=O) groups excluding carboxylic acids is 2. The van der Waals surface area contributed by atoms with Crippen molar-refractivity contribution in [3.8, 4) is 5.75 Å². The number of nitrogens with zero attached hydrogens (tertiary/aromatic N) is 1. The van der Waals surface area contributed by atoms with Crippen LogP contribution in [0.15, 0.2) is 76.9 Å². The third kappa shape index (κ3) is 4.81. The van der Waals surface area contributed by atoms with Crippen molar-refractivity contribution >= 4 is 29.1 Å². The molecule has 4 rings (SSSR count). The van der Waals surface area contributed by atoms with E-state index in [9.17, 15) is 14.7 Å². The summed E-state index contributed by atoms with van der Waals surface area (Å²) in [6.07, 6.45) is 3.49. The van der Waals surface area contributed by atoms with Crippen LogP contribution in [-0.4, -0.2) is 28.3 Å². The van der Waals surface area contributed by atoms with E-state index in [-0.39, 0.29) is 17.9 Å². The zero-order valence-corrected chi connectivity index (χ0v) is 18.9. The number of unbranched alkanes of at least 4 members (excludes halogenated alkanes) is 1. The molecule has 0 aliphatic carbocycles. The van der Waals surface area contributed by atoms with Crippen LogP contribution in [0.1, 0.15) is 42.7 Å². The minimum absolute atomic E-state index is 0.0218. The van der Waals surface area contributed by atoms with Crippen molar-refractivity contribution in [2.45, 2.75) is 32.4 Å². The van der Waals surface area contributed by atoms with Crippen molar-refractivity contribution in [1.29, 1.82) is 0 Å². The number of ketones is 1. The number of Topliss-reactive ketones (excluding diaryl/α,β-unsaturated/α-hetero) is 1. The van der Waals surface area contributed by atoms with Crippen molar-refractivity contribution in [1.82, 2.24) is 4.90 Å². The number of carbonyl (C=O) groups is 2. The Morgan fingerprint density at radius 2 is 1.82 bits per heavy atom. The molecule has 1 aromatic heterocycles. The Morgan fingerprint density at radius 3 is 2.45 bits per heavy atom. The standard InChI is InChI=1S/C26H24ClNO5/c1-2-3-14-32-20-12-8-17(9-13-20)23-22(24(29)18-6-10-19(27)11-7-18)25(30)26(31)28(23)16-21-5-4-15-33-21/h4-13,15,23,29H,2-3,14,16H2,1H3/b24-22+. The highest BCUT2D eigenvalue weighted by atomic mass is 35.5. The molecule has 33 heavy (non-hydrogen) atoms. The van der Waals surface area contributed by atoms with E-state index >= 15 is 0 Å². The van der Waals surface area contributed by atoms with Crippen LogP contribution in [0.2, 0.25) is 5.02 Å². The van der Waals surface area contributed by atoms with Gasteiger partial charge in [0.25, 0.3) is 11.7 Å². The molecule has 7 heteroatoms. The van der Waals surface area contributed by atoms with Gasteiger partial charge in [-0.1, -0.05) is 37.1 Å². The molecule has 2 heterocycles. The highest BCUT2D eigenvalue weighted by molar-refractivity contribution is 6.46. The van der Waals surface area contributed by atoms with Crippen LogP contribution in [0, 0.1) is 0 Å². The zero-order valence-electron chi connectivity index (χ0n) is 18.2. The van der Waals surface area contributed by atoms with Gasteiger partial charge in [-0.05, 0) is 60.5 Å². The van der Waals surface area contributed by atoms with Gasteiger partial charge >= 0.3 is 0 Å². The van der Waals surface area contributed by atoms with Gasteiger partial charge in [-0.2, -0.15) is 0 Å². The molecule has 1 amide bonds. The number of aliphatic hydroxyl groups excluding tert-OH is 1. The first kappa shape index (κ1) is 22.7. The Balaban J connectivity index is 1.75. The van der Waals surface area contributed by atoms with E-state index in [0.717, 1.165) is 12.8 Å². The number of aliphatic hydroxyl groups is 1. The summed E-state index contributed by atoms with van der Waals surface area (Å²) in [6.45, 7) is 2.80. The Hall–Kier alpha value is -3.51. The first-order chi connectivity index (χ1) is 16.0. The summed E-state index contributed by atoms with van der Waals surface area (Å²) in [5.74, 6) is -0.460. The van der Waals surface area contributed by atoms with Crippen molar-refractivity contribution in [3.05, 3.63) is 94.4 Å². The molecule has 0 saturated carbocycles. The summed E-state index contributed by atoms with van der Waals surface area (Å²) in [7, 11) is 0. The van der Waals surface area contributed by atoms with Gasteiger partial charge in [0.1, 0.15) is 17.3 Å². The molecule has 6 nitrogen and oxygen atoms in total. The summed E-state index contributed by atoms with van der Waals surface area (Å²) in [4.78, 5) is 27.5. The van der Waals surface area contributed by atoms with Crippen molar-refractivity contribution in [2.24, 2.45) is 0 Å². The minimum atomic E-state index is -0.782. The third-order valence-corrected chi connectivity index (χ3v) is 5.78. The minimum Gasteiger partial charge on any atom is -0.507 e. The largest absolute Gasteiger partial charge is 0.507 e. The van der Waals surface area contributed by atoms with Gasteiger partial charge in [0, 0.05) is 10.6 Å². The lowest BCUT2D eigenvalue weighted by atomic mass is 9.95. The second kappa shape index (κ2) is 9.96. The van der Waals surface area contributed by atoms with Gasteiger partial charge in [-0.3, -0.25) is 9.59 Å². The fourth-order valence-electron chi connectivity index (χ4n) is 3.80. The van der Waals surface area contributed by atoms with Crippen molar-refractivity contribution in [3.63, 3.8) is 0 Å². The number of benzene rings is 2. The van der Waals surface area contributed by atoms with Gasteiger partial charge < -0.3 is 19.2 Å². The summed E-state index contributed by atoms with van der Waals surface area (Å²) >= 11 is 5.97. The van der Waals surface area contributed by atoms with E-state index < -0.39 is 17.7 Å². The summed E-state index contributed by atoms with van der Waals surface area (Å²) < 4.78 is 11.1. The Labute approximate surface area is 197 Å². The van der Waals surface area contributed by atoms with Gasteiger partial charge in [0.2, 0.25) is 0 Å². The molecule has 1 fully saturated rings. The maximum atomic E-state index is 13.1. The van der Waals surface area contributed by atoms with E-state index in [0.29, 0.717) is 34.3 Å². The average molecular weight is 466 g/mol. The number of rotatable bonds is 8. The van der Waals surface area contributed by atoms with Crippen LogP contribution in [0.5, 0.6) is 5.75 Å². The Morgan fingerprint density at radius 1 is 1.09 bits per heavy atom. The molecular formula is C26H24ClNO5. The molecule has 1 atom stereocenters. The predicted molar refractivity (Wildman–Crippen MR) is 125 cm³/mol. The molecular weight excluding hydrogens is 442 g/mol. The van der Waals surface area contributed by atoms with E-state index in [1.165, 1.54) is 11.2 Å². The van der Waals surface area contributed by atoms with Crippen LogP contribution < -0.4 is 4.74 Å². The van der Waals surface area contributed by atoms with Crippen LogP contribution >= 0.6 is 11.6 Å². The molecule has 3 aromatic rings. The molecule has 0 spiro atoms. The average Bonchev–Trinajstić information content (AvgIpc) is 3.42. The number of hydrogen-bond acceptors (Lipinski definition) is 5. The number of hydrogen-bond donors (Lipinski definition) is 1. The molecule has 1 saturated heterocycles.